The molecule has 1 aromatic carbocycles. The van der Waals surface area contributed by atoms with E-state index < -0.39 is 28.8 Å². The second-order valence-electron chi connectivity index (χ2n) is 7.09. The highest BCUT2D eigenvalue weighted by Gasteiger charge is 2.22. The summed E-state index contributed by atoms with van der Waals surface area (Å²) in [7, 11) is 0. The molecule has 1 amide bonds. The molecule has 0 fully saturated rings. The molecule has 0 saturated carbocycles. The first kappa shape index (κ1) is 22.7. The van der Waals surface area contributed by atoms with Crippen LogP contribution in [-0.4, -0.2) is 22.1 Å². The number of hydrogen-bond donors (Lipinski definition) is 3. The van der Waals surface area contributed by atoms with Crippen molar-refractivity contribution in [2.24, 2.45) is 0 Å². The third-order valence-corrected chi connectivity index (χ3v) is 4.57. The lowest BCUT2D eigenvalue weighted by molar-refractivity contribution is 0.102. The van der Waals surface area contributed by atoms with Crippen molar-refractivity contribution >= 4 is 18.0 Å². The number of aromatic hydroxyl groups is 1. The van der Waals surface area contributed by atoms with Gasteiger partial charge in [0.25, 0.3) is 0 Å². The summed E-state index contributed by atoms with van der Waals surface area (Å²) in [5, 5.41) is 20.9. The molecule has 7 heteroatoms. The van der Waals surface area contributed by atoms with Crippen molar-refractivity contribution in [2.75, 3.05) is 0 Å². The second kappa shape index (κ2) is 10.2. The molecule has 0 spiro atoms. The molecule has 1 aromatic heterocycles. The Bertz CT molecular complexity index is 1030. The second-order valence-corrected chi connectivity index (χ2v) is 7.09. The molecule has 1 atom stereocenters. The van der Waals surface area contributed by atoms with Crippen molar-refractivity contribution in [2.45, 2.75) is 39.5 Å². The Balaban J connectivity index is 2.16. The van der Waals surface area contributed by atoms with Crippen molar-refractivity contribution in [1.82, 2.24) is 5.32 Å². The van der Waals surface area contributed by atoms with E-state index in [0.29, 0.717) is 18.4 Å². The highest BCUT2D eigenvalue weighted by molar-refractivity contribution is 6.12. The Morgan fingerprint density at radius 2 is 1.90 bits per heavy atom. The summed E-state index contributed by atoms with van der Waals surface area (Å²) in [4.78, 5) is 35.5. The number of ketones is 1. The highest BCUT2D eigenvalue weighted by Crippen LogP contribution is 2.26. The van der Waals surface area contributed by atoms with Gasteiger partial charge in [0, 0.05) is 18.2 Å². The fourth-order valence-electron chi connectivity index (χ4n) is 2.83. The van der Waals surface area contributed by atoms with Gasteiger partial charge in [0.05, 0.1) is 0 Å². The molecule has 30 heavy (non-hydrogen) atoms. The number of carbonyl (C=O) groups is 2. The number of benzene rings is 1. The predicted octanol–water partition coefficient (Wildman–Crippen LogP) is 4.61. The van der Waals surface area contributed by atoms with Crippen molar-refractivity contribution < 1.29 is 24.2 Å². The van der Waals surface area contributed by atoms with Crippen molar-refractivity contribution in [3.05, 3.63) is 81.1 Å². The molecule has 0 aliphatic rings. The lowest BCUT2D eigenvalue weighted by atomic mass is 9.99. The molecule has 1 unspecified atom stereocenters. The zero-order valence-corrected chi connectivity index (χ0v) is 17.1. The van der Waals surface area contributed by atoms with Crippen molar-refractivity contribution in [1.29, 1.82) is 0 Å². The third kappa shape index (κ3) is 6.20. The molecule has 7 nitrogen and oxygen atoms in total. The Morgan fingerprint density at radius 1 is 1.23 bits per heavy atom. The molecule has 0 aliphatic carbocycles. The minimum Gasteiger partial charge on any atom is -0.507 e. The minimum absolute atomic E-state index is 0.216. The topological polar surface area (TPSA) is 117 Å². The van der Waals surface area contributed by atoms with Crippen LogP contribution in [-0.2, 0) is 0 Å². The minimum atomic E-state index is -1.15. The first-order chi connectivity index (χ1) is 14.2. The number of carbonyl (C=O) groups excluding carboxylic acids is 1. The first-order valence-corrected chi connectivity index (χ1v) is 9.50. The van der Waals surface area contributed by atoms with E-state index in [1.54, 1.807) is 26.0 Å². The van der Waals surface area contributed by atoms with E-state index in [1.165, 1.54) is 12.3 Å². The number of allylic oxidation sites excluding steroid dienone is 2. The van der Waals surface area contributed by atoms with Crippen molar-refractivity contribution in [3.63, 3.8) is 0 Å². The maximum Gasteiger partial charge on any atom is 0.408 e. The lowest BCUT2D eigenvalue weighted by Crippen LogP contribution is -2.16. The highest BCUT2D eigenvalue weighted by atomic mass is 16.4. The van der Waals surface area contributed by atoms with Crippen LogP contribution >= 0.6 is 0 Å². The van der Waals surface area contributed by atoms with Crippen LogP contribution in [0.4, 0.5) is 4.79 Å². The van der Waals surface area contributed by atoms with Gasteiger partial charge in [0.15, 0.2) is 5.78 Å². The summed E-state index contributed by atoms with van der Waals surface area (Å²) in [6.07, 6.45) is 4.54. The number of carboxylic acid groups (broad SMARTS) is 1. The summed E-state index contributed by atoms with van der Waals surface area (Å²) >= 11 is 0. The van der Waals surface area contributed by atoms with Crippen LogP contribution in [0.25, 0.3) is 6.08 Å². The molecule has 0 radical (unpaired) electrons. The van der Waals surface area contributed by atoms with Gasteiger partial charge in [-0.2, -0.15) is 0 Å². The number of rotatable bonds is 8. The fraction of sp³-hybridized carbons (Fsp3) is 0.261. The molecule has 3 N–H and O–H groups in total. The van der Waals surface area contributed by atoms with Gasteiger partial charge in [0.1, 0.15) is 17.1 Å². The van der Waals surface area contributed by atoms with Gasteiger partial charge in [-0.1, -0.05) is 42.8 Å². The van der Waals surface area contributed by atoms with Gasteiger partial charge in [-0.15, -0.1) is 0 Å². The SMILES string of the molecule is CC(=Cc1ccc(C)cc1)C(=O)c1c(O)cc(C(C)CCC=CNC(=O)O)oc1=O. The largest absolute Gasteiger partial charge is 0.507 e. The number of hydrogen-bond acceptors (Lipinski definition) is 5. The number of nitrogens with one attached hydrogen (secondary N) is 1. The quantitative estimate of drug-likeness (QED) is 0.431. The average molecular weight is 411 g/mol. The first-order valence-electron chi connectivity index (χ1n) is 9.50. The molecular weight excluding hydrogens is 386 g/mol. The van der Waals surface area contributed by atoms with Gasteiger partial charge >= 0.3 is 11.7 Å². The van der Waals surface area contributed by atoms with E-state index in [4.69, 9.17) is 9.52 Å². The Morgan fingerprint density at radius 3 is 2.50 bits per heavy atom. The summed E-state index contributed by atoms with van der Waals surface area (Å²) in [5.41, 5.74) is 0.927. The van der Waals surface area contributed by atoms with Crippen LogP contribution in [0.3, 0.4) is 0 Å². The predicted molar refractivity (Wildman–Crippen MR) is 114 cm³/mol. The number of aryl methyl sites for hydroxylation is 1. The van der Waals surface area contributed by atoms with Gasteiger partial charge in [-0.05, 0) is 43.9 Å². The van der Waals surface area contributed by atoms with Crippen LogP contribution in [0.2, 0.25) is 0 Å². The molecule has 1 heterocycles. The van der Waals surface area contributed by atoms with Crippen LogP contribution in [0.15, 0.2) is 57.4 Å². The van der Waals surface area contributed by atoms with E-state index >= 15 is 0 Å². The molecule has 0 saturated heterocycles. The van der Waals surface area contributed by atoms with Crippen LogP contribution in [0.5, 0.6) is 5.75 Å². The van der Waals surface area contributed by atoms with E-state index in [2.05, 4.69) is 5.32 Å². The van der Waals surface area contributed by atoms with Gasteiger partial charge < -0.3 is 14.6 Å². The smallest absolute Gasteiger partial charge is 0.408 e. The van der Waals surface area contributed by atoms with E-state index in [1.807, 2.05) is 31.2 Å². The maximum atomic E-state index is 12.7. The van der Waals surface area contributed by atoms with E-state index in [9.17, 15) is 19.5 Å². The van der Waals surface area contributed by atoms with E-state index in [-0.39, 0.29) is 11.7 Å². The number of amides is 1. The molecule has 158 valence electrons. The Hall–Kier alpha value is -3.61. The lowest BCUT2D eigenvalue weighted by Gasteiger charge is -2.11. The monoisotopic (exact) mass is 411 g/mol. The molecule has 0 aliphatic heterocycles. The van der Waals surface area contributed by atoms with Gasteiger partial charge in [-0.3, -0.25) is 10.1 Å². The number of Topliss-reactive ketones (excluding diaryl/α,β-unsaturated/α-hetero) is 1. The standard InChI is InChI=1S/C23H25NO6/c1-14-7-9-17(10-8-14)12-16(3)21(26)20-18(25)13-19(30-22(20)27)15(2)6-4-5-11-24-23(28)29/h5,7-13,15,24-25H,4,6H2,1-3H3,(H,28,29). The molecular formula is C23H25NO6. The zero-order chi connectivity index (χ0) is 22.3. The van der Waals surface area contributed by atoms with Gasteiger partial charge in [0.2, 0.25) is 0 Å². The van der Waals surface area contributed by atoms with E-state index in [0.717, 1.165) is 11.1 Å². The third-order valence-electron chi connectivity index (χ3n) is 4.57. The van der Waals surface area contributed by atoms with Crippen LogP contribution in [0.1, 0.15) is 59.9 Å². The maximum absolute atomic E-state index is 12.7. The average Bonchev–Trinajstić information content (AvgIpc) is 2.68. The summed E-state index contributed by atoms with van der Waals surface area (Å²) < 4.78 is 5.29. The Kier molecular flexibility index (Phi) is 7.75. The molecule has 2 rings (SSSR count). The Labute approximate surface area is 174 Å². The van der Waals surface area contributed by atoms with Crippen LogP contribution < -0.4 is 10.9 Å². The normalized spacial score (nSPS) is 12.7. The molecule has 0 bridgehead atoms. The van der Waals surface area contributed by atoms with Crippen molar-refractivity contribution in [3.8, 4) is 5.75 Å². The summed E-state index contributed by atoms with van der Waals surface area (Å²) in [5.74, 6) is -0.971. The van der Waals surface area contributed by atoms with Gasteiger partial charge in [-0.25, -0.2) is 9.59 Å². The fourth-order valence-corrected chi connectivity index (χ4v) is 2.83. The summed E-state index contributed by atoms with van der Waals surface area (Å²) in [6.45, 7) is 5.34. The summed E-state index contributed by atoms with van der Waals surface area (Å²) in [6, 6.07) is 8.84. The van der Waals surface area contributed by atoms with Crippen LogP contribution in [0, 0.1) is 6.92 Å². The zero-order valence-electron chi connectivity index (χ0n) is 17.1. The molecule has 2 aromatic rings.